The Morgan fingerprint density at radius 2 is 2.14 bits per heavy atom. The molecule has 0 fully saturated rings. The summed E-state index contributed by atoms with van der Waals surface area (Å²) in [5, 5.41) is 4.64. The predicted octanol–water partition coefficient (Wildman–Crippen LogP) is 2.19. The fourth-order valence-corrected chi connectivity index (χ4v) is 3.38. The van der Waals surface area contributed by atoms with Crippen molar-refractivity contribution in [1.82, 2.24) is 14.6 Å². The predicted molar refractivity (Wildman–Crippen MR) is 80.0 cm³/mol. The number of carbonyl (C=O) groups excluding carboxylic acids is 1. The molecule has 3 aromatic rings. The van der Waals surface area contributed by atoms with Crippen molar-refractivity contribution in [1.29, 1.82) is 0 Å². The van der Waals surface area contributed by atoms with Gasteiger partial charge in [-0.15, -0.1) is 11.3 Å². The van der Waals surface area contributed by atoms with Crippen LogP contribution >= 0.6 is 22.7 Å². The molecule has 0 aliphatic heterocycles. The minimum atomic E-state index is -0.385. The largest absolute Gasteiger partial charge is 0.454 e. The molecule has 3 heterocycles. The Morgan fingerprint density at radius 3 is 2.86 bits per heavy atom. The molecule has 8 heteroatoms. The Labute approximate surface area is 127 Å². The molecule has 0 bridgehead atoms. The second kappa shape index (κ2) is 5.38. The van der Waals surface area contributed by atoms with Gasteiger partial charge in [0.15, 0.2) is 5.01 Å². The lowest BCUT2D eigenvalue weighted by molar-refractivity contribution is 0.0477. The summed E-state index contributed by atoms with van der Waals surface area (Å²) in [7, 11) is 0. The van der Waals surface area contributed by atoms with Crippen LogP contribution in [0.5, 0.6) is 0 Å². The average Bonchev–Trinajstić information content (AvgIpc) is 3.02. The Morgan fingerprint density at radius 1 is 1.33 bits per heavy atom. The maximum absolute atomic E-state index is 11.8. The van der Waals surface area contributed by atoms with E-state index in [0.717, 1.165) is 4.88 Å². The fourth-order valence-electron chi connectivity index (χ4n) is 1.76. The molecule has 0 saturated heterocycles. The Hall–Kier alpha value is -2.06. The Balaban J connectivity index is 1.78. The molecule has 0 aliphatic carbocycles. The van der Waals surface area contributed by atoms with Crippen LogP contribution in [-0.2, 0) is 11.3 Å². The Kier molecular flexibility index (Phi) is 3.56. The molecule has 3 rings (SSSR count). The van der Waals surface area contributed by atoms with Crippen LogP contribution in [0.2, 0.25) is 0 Å². The first-order valence-electron chi connectivity index (χ1n) is 6.13. The van der Waals surface area contributed by atoms with Crippen molar-refractivity contribution in [2.45, 2.75) is 20.5 Å². The van der Waals surface area contributed by atoms with Gasteiger partial charge in [0.1, 0.15) is 11.5 Å². The maximum Gasteiger partial charge on any atom is 0.348 e. The molecule has 21 heavy (non-hydrogen) atoms. The van der Waals surface area contributed by atoms with Gasteiger partial charge in [0, 0.05) is 16.6 Å². The summed E-state index contributed by atoms with van der Waals surface area (Å²) in [5.74, 6) is -0.385. The van der Waals surface area contributed by atoms with Crippen molar-refractivity contribution < 1.29 is 9.53 Å². The summed E-state index contributed by atoms with van der Waals surface area (Å²) in [6, 6.07) is 5.01. The summed E-state index contributed by atoms with van der Waals surface area (Å²) in [5.41, 5.74) is 0.404. The van der Waals surface area contributed by atoms with Crippen LogP contribution in [0.3, 0.4) is 0 Å². The number of thiophene rings is 1. The van der Waals surface area contributed by atoms with E-state index in [1.807, 2.05) is 13.0 Å². The molecule has 0 aliphatic rings. The first-order valence-corrected chi connectivity index (χ1v) is 7.76. The number of aromatic nitrogens is 3. The van der Waals surface area contributed by atoms with Gasteiger partial charge in [0.25, 0.3) is 5.56 Å². The van der Waals surface area contributed by atoms with Crippen molar-refractivity contribution in [2.75, 3.05) is 0 Å². The van der Waals surface area contributed by atoms with Crippen molar-refractivity contribution in [3.05, 3.63) is 49.0 Å². The monoisotopic (exact) mass is 321 g/mol. The van der Waals surface area contributed by atoms with Crippen molar-refractivity contribution >= 4 is 33.6 Å². The summed E-state index contributed by atoms with van der Waals surface area (Å²) < 4.78 is 6.42. The molecule has 0 N–H and O–H groups in total. The highest BCUT2D eigenvalue weighted by atomic mass is 32.1. The molecule has 0 atom stereocenters. The SMILES string of the molecule is Cc1cc(=O)n2nc(COC(=O)c3ccc(C)s3)sc2n1. The number of nitrogens with zero attached hydrogens (tertiary/aromatic N) is 3. The maximum atomic E-state index is 11.8. The van der Waals surface area contributed by atoms with Gasteiger partial charge in [0.2, 0.25) is 4.96 Å². The summed E-state index contributed by atoms with van der Waals surface area (Å²) in [6.45, 7) is 3.71. The lowest BCUT2D eigenvalue weighted by Gasteiger charge is -1.98. The molecule has 0 radical (unpaired) electrons. The van der Waals surface area contributed by atoms with Crippen molar-refractivity contribution in [3.8, 4) is 0 Å². The quantitative estimate of drug-likeness (QED) is 0.691. The van der Waals surface area contributed by atoms with E-state index in [2.05, 4.69) is 10.1 Å². The first kappa shape index (κ1) is 13.9. The molecular weight excluding hydrogens is 310 g/mol. The lowest BCUT2D eigenvalue weighted by Crippen LogP contribution is -2.14. The highest BCUT2D eigenvalue weighted by Gasteiger charge is 2.13. The standard InChI is InChI=1S/C13H11N3O3S2/c1-7-5-11(17)16-13(14-7)21-10(15-16)6-19-12(18)9-4-3-8(2)20-9/h3-5H,6H2,1-2H3. The number of fused-ring (bicyclic) bond motifs is 1. The van der Waals surface area contributed by atoms with E-state index < -0.39 is 0 Å². The molecule has 3 aromatic heterocycles. The zero-order chi connectivity index (χ0) is 15.0. The topological polar surface area (TPSA) is 73.6 Å². The van der Waals surface area contributed by atoms with E-state index in [1.54, 1.807) is 13.0 Å². The van der Waals surface area contributed by atoms with Crippen molar-refractivity contribution in [2.24, 2.45) is 0 Å². The first-order chi connectivity index (χ1) is 10.0. The van der Waals surface area contributed by atoms with Crippen LogP contribution in [0.25, 0.3) is 4.96 Å². The molecule has 0 amide bonds. The molecule has 6 nitrogen and oxygen atoms in total. The summed E-state index contributed by atoms with van der Waals surface area (Å²) in [4.78, 5) is 29.9. The van der Waals surface area contributed by atoms with Crippen molar-refractivity contribution in [3.63, 3.8) is 0 Å². The minimum Gasteiger partial charge on any atom is -0.454 e. The summed E-state index contributed by atoms with van der Waals surface area (Å²) >= 11 is 2.62. The molecule has 108 valence electrons. The highest BCUT2D eigenvalue weighted by molar-refractivity contribution is 7.16. The number of ether oxygens (including phenoxy) is 1. The number of hydrogen-bond acceptors (Lipinski definition) is 7. The zero-order valence-corrected chi connectivity index (χ0v) is 13.0. The molecular formula is C13H11N3O3S2. The minimum absolute atomic E-state index is 0.0301. The number of carbonyl (C=O) groups is 1. The summed E-state index contributed by atoms with van der Waals surface area (Å²) in [6.07, 6.45) is 0. The average molecular weight is 321 g/mol. The van der Waals surface area contributed by atoms with E-state index in [1.165, 1.54) is 33.3 Å². The van der Waals surface area contributed by atoms with Crippen LogP contribution in [0, 0.1) is 13.8 Å². The molecule has 0 saturated carbocycles. The van der Waals surface area contributed by atoms with Crippen LogP contribution in [0.1, 0.15) is 25.3 Å². The van der Waals surface area contributed by atoms with E-state index in [-0.39, 0.29) is 18.1 Å². The highest BCUT2D eigenvalue weighted by Crippen LogP contribution is 2.18. The van der Waals surface area contributed by atoms with E-state index >= 15 is 0 Å². The smallest absolute Gasteiger partial charge is 0.348 e. The number of aryl methyl sites for hydroxylation is 2. The van der Waals surface area contributed by atoms with Crippen LogP contribution in [0.15, 0.2) is 23.0 Å². The van der Waals surface area contributed by atoms with Crippen LogP contribution in [-0.4, -0.2) is 20.6 Å². The number of rotatable bonds is 3. The molecule has 0 spiro atoms. The molecule has 0 unspecified atom stereocenters. The molecule has 0 aromatic carbocycles. The third-order valence-corrected chi connectivity index (χ3v) is 4.55. The van der Waals surface area contributed by atoms with E-state index in [4.69, 9.17) is 4.74 Å². The zero-order valence-electron chi connectivity index (χ0n) is 11.3. The third kappa shape index (κ3) is 2.86. The second-order valence-electron chi connectivity index (χ2n) is 4.41. The second-order valence-corrected chi connectivity index (χ2v) is 6.74. The van der Waals surface area contributed by atoms with Gasteiger partial charge in [-0.1, -0.05) is 11.3 Å². The van der Waals surface area contributed by atoms with Gasteiger partial charge in [-0.25, -0.2) is 9.78 Å². The third-order valence-electron chi connectivity index (χ3n) is 2.68. The Bertz CT molecular complexity index is 878. The lowest BCUT2D eigenvalue weighted by atomic mass is 10.4. The van der Waals surface area contributed by atoms with Gasteiger partial charge in [-0.2, -0.15) is 9.61 Å². The van der Waals surface area contributed by atoms with Gasteiger partial charge in [-0.05, 0) is 26.0 Å². The number of hydrogen-bond donors (Lipinski definition) is 0. The fraction of sp³-hybridized carbons (Fsp3) is 0.231. The van der Waals surface area contributed by atoms with Gasteiger partial charge < -0.3 is 4.74 Å². The van der Waals surface area contributed by atoms with Gasteiger partial charge in [-0.3, -0.25) is 4.79 Å². The van der Waals surface area contributed by atoms with Gasteiger partial charge >= 0.3 is 5.97 Å². The van der Waals surface area contributed by atoms with Gasteiger partial charge in [0.05, 0.1) is 0 Å². The van der Waals surface area contributed by atoms with E-state index in [9.17, 15) is 9.59 Å². The van der Waals surface area contributed by atoms with E-state index in [0.29, 0.717) is 20.5 Å². The van der Waals surface area contributed by atoms with Crippen LogP contribution < -0.4 is 5.56 Å². The van der Waals surface area contributed by atoms with Crippen LogP contribution in [0.4, 0.5) is 0 Å². The normalized spacial score (nSPS) is 11.0. The number of esters is 1.